The third-order valence-electron chi connectivity index (χ3n) is 4.30. The van der Waals surface area contributed by atoms with Crippen LogP contribution in [0.2, 0.25) is 0 Å². The van der Waals surface area contributed by atoms with Crippen LogP contribution < -0.4 is 4.72 Å². The molecule has 3 rings (SSSR count). The molecule has 0 spiro atoms. The molecule has 1 aromatic heterocycles. The van der Waals surface area contributed by atoms with E-state index in [4.69, 9.17) is 0 Å². The molecule has 1 heterocycles. The summed E-state index contributed by atoms with van der Waals surface area (Å²) in [5.41, 5.74) is 5.57. The molecule has 5 heteroatoms. The first kappa shape index (κ1) is 17.6. The number of benzene rings is 2. The van der Waals surface area contributed by atoms with Crippen molar-refractivity contribution in [1.82, 2.24) is 9.71 Å². The molecular formula is C20H22N2O2S. The van der Waals surface area contributed by atoms with Gasteiger partial charge in [0.05, 0.1) is 0 Å². The van der Waals surface area contributed by atoms with Gasteiger partial charge in [-0.15, -0.1) is 0 Å². The molecular weight excluding hydrogens is 332 g/mol. The number of rotatable bonds is 6. The highest BCUT2D eigenvalue weighted by atomic mass is 32.2. The fraction of sp³-hybridized carbons (Fsp3) is 0.250. The minimum atomic E-state index is -0.847. The molecule has 0 unspecified atom stereocenters. The summed E-state index contributed by atoms with van der Waals surface area (Å²) >= 11 is 1.41. The summed E-state index contributed by atoms with van der Waals surface area (Å²) < 4.78 is 3.14. The van der Waals surface area contributed by atoms with Gasteiger partial charge in [-0.05, 0) is 55.5 Å². The molecule has 0 saturated heterocycles. The Bertz CT molecular complexity index is 894. The van der Waals surface area contributed by atoms with Crippen molar-refractivity contribution >= 4 is 28.8 Å². The molecule has 0 aliphatic rings. The molecule has 0 saturated carbocycles. The van der Waals surface area contributed by atoms with Crippen LogP contribution in [0.1, 0.15) is 22.3 Å². The van der Waals surface area contributed by atoms with Gasteiger partial charge in [0.25, 0.3) is 0 Å². The lowest BCUT2D eigenvalue weighted by molar-refractivity contribution is -0.138. The minimum Gasteiger partial charge on any atom is -0.480 e. The summed E-state index contributed by atoms with van der Waals surface area (Å²) in [6.45, 7) is 6.18. The number of aromatic nitrogens is 1. The van der Waals surface area contributed by atoms with E-state index in [0.717, 1.165) is 32.5 Å². The van der Waals surface area contributed by atoms with Crippen LogP contribution in [0.3, 0.4) is 0 Å². The maximum atomic E-state index is 11.7. The van der Waals surface area contributed by atoms with Crippen LogP contribution in [0.25, 0.3) is 10.9 Å². The first-order valence-corrected chi connectivity index (χ1v) is 9.05. The predicted molar refractivity (Wildman–Crippen MR) is 103 cm³/mol. The molecule has 0 fully saturated rings. The lowest BCUT2D eigenvalue weighted by atomic mass is 10.1. The third-order valence-corrected chi connectivity index (χ3v) is 5.56. The van der Waals surface area contributed by atoms with Gasteiger partial charge in [0.15, 0.2) is 0 Å². The molecule has 0 aliphatic carbocycles. The first-order valence-electron chi connectivity index (χ1n) is 8.23. The Labute approximate surface area is 151 Å². The summed E-state index contributed by atoms with van der Waals surface area (Å²) in [5.74, 6) is -0.847. The summed E-state index contributed by atoms with van der Waals surface area (Å²) in [6.07, 6.45) is 2.33. The Hall–Kier alpha value is -2.24. The average molecular weight is 354 g/mol. The van der Waals surface area contributed by atoms with Crippen molar-refractivity contribution in [2.24, 2.45) is 0 Å². The van der Waals surface area contributed by atoms with Gasteiger partial charge in [-0.2, -0.15) is 0 Å². The summed E-state index contributed by atoms with van der Waals surface area (Å²) in [4.78, 5) is 16.0. The van der Waals surface area contributed by atoms with E-state index in [1.807, 2.05) is 30.5 Å². The lowest BCUT2D eigenvalue weighted by Crippen LogP contribution is -2.34. The Morgan fingerprint density at radius 1 is 1.20 bits per heavy atom. The van der Waals surface area contributed by atoms with E-state index >= 15 is 0 Å². The molecule has 3 aromatic rings. The van der Waals surface area contributed by atoms with E-state index in [-0.39, 0.29) is 0 Å². The fourth-order valence-electron chi connectivity index (χ4n) is 3.16. The Morgan fingerprint density at radius 2 is 1.88 bits per heavy atom. The fourth-order valence-corrected chi connectivity index (χ4v) is 4.04. The van der Waals surface area contributed by atoms with Gasteiger partial charge in [-0.1, -0.05) is 35.9 Å². The monoisotopic (exact) mass is 354 g/mol. The molecule has 4 nitrogen and oxygen atoms in total. The van der Waals surface area contributed by atoms with Gasteiger partial charge in [0.1, 0.15) is 6.04 Å². The van der Waals surface area contributed by atoms with Gasteiger partial charge in [-0.3, -0.25) is 4.79 Å². The van der Waals surface area contributed by atoms with Crippen molar-refractivity contribution in [3.63, 3.8) is 0 Å². The van der Waals surface area contributed by atoms with Crippen LogP contribution in [-0.4, -0.2) is 22.1 Å². The predicted octanol–water partition coefficient (Wildman–Crippen LogP) is 4.39. The number of para-hydroxylation sites is 1. The van der Waals surface area contributed by atoms with E-state index in [2.05, 4.69) is 42.6 Å². The zero-order chi connectivity index (χ0) is 18.0. The van der Waals surface area contributed by atoms with Crippen molar-refractivity contribution < 1.29 is 9.90 Å². The average Bonchev–Trinajstić information content (AvgIpc) is 2.95. The first-order chi connectivity index (χ1) is 12.0. The van der Waals surface area contributed by atoms with Crippen LogP contribution >= 0.6 is 11.9 Å². The minimum absolute atomic E-state index is 0.427. The summed E-state index contributed by atoms with van der Waals surface area (Å²) in [6, 6.07) is 11.5. The Kier molecular flexibility index (Phi) is 5.16. The second-order valence-corrected chi connectivity index (χ2v) is 7.25. The number of aromatic amines is 1. The van der Waals surface area contributed by atoms with E-state index in [0.29, 0.717) is 6.42 Å². The number of fused-ring (bicyclic) bond motifs is 1. The topological polar surface area (TPSA) is 65.1 Å². The van der Waals surface area contributed by atoms with Crippen LogP contribution in [0.15, 0.2) is 47.5 Å². The van der Waals surface area contributed by atoms with Gasteiger partial charge >= 0.3 is 5.97 Å². The second kappa shape index (κ2) is 7.33. The van der Waals surface area contributed by atoms with Crippen LogP contribution in [-0.2, 0) is 11.2 Å². The Balaban J connectivity index is 1.78. The molecule has 0 bridgehead atoms. The number of carboxylic acids is 1. The highest BCUT2D eigenvalue weighted by Gasteiger charge is 2.20. The van der Waals surface area contributed by atoms with Gasteiger partial charge in [-0.25, -0.2) is 4.72 Å². The van der Waals surface area contributed by atoms with Crippen molar-refractivity contribution in [3.8, 4) is 0 Å². The van der Waals surface area contributed by atoms with E-state index in [1.54, 1.807) is 0 Å². The zero-order valence-corrected chi connectivity index (χ0v) is 15.4. The third kappa shape index (κ3) is 3.89. The van der Waals surface area contributed by atoms with Crippen LogP contribution in [0.5, 0.6) is 0 Å². The second-order valence-electron chi connectivity index (χ2n) is 6.40. The van der Waals surface area contributed by atoms with E-state index in [9.17, 15) is 9.90 Å². The number of nitrogens with one attached hydrogen (secondary N) is 2. The summed E-state index contributed by atoms with van der Waals surface area (Å²) in [7, 11) is 0. The molecule has 0 radical (unpaired) electrons. The molecule has 3 N–H and O–H groups in total. The van der Waals surface area contributed by atoms with E-state index < -0.39 is 12.0 Å². The number of hydrogen-bond donors (Lipinski definition) is 3. The van der Waals surface area contributed by atoms with Crippen molar-refractivity contribution in [2.75, 3.05) is 0 Å². The van der Waals surface area contributed by atoms with Gasteiger partial charge in [0.2, 0.25) is 0 Å². The maximum absolute atomic E-state index is 11.7. The number of carboxylic acid groups (broad SMARTS) is 1. The molecule has 0 aliphatic heterocycles. The standard InChI is InChI=1S/C20H22N2O2S/c1-12-8-13(2)19(14(3)9-12)25-22-18(20(23)24)10-15-11-21-17-7-5-4-6-16(15)17/h4-9,11,18,21-22H,10H2,1-3H3,(H,23,24)/t18-/m0/s1. The molecule has 130 valence electrons. The lowest BCUT2D eigenvalue weighted by Gasteiger charge is -2.16. The molecule has 0 amide bonds. The number of aryl methyl sites for hydroxylation is 3. The highest BCUT2D eigenvalue weighted by Crippen LogP contribution is 2.27. The highest BCUT2D eigenvalue weighted by molar-refractivity contribution is 7.97. The summed E-state index contributed by atoms with van der Waals surface area (Å²) in [5, 5.41) is 10.7. The Morgan fingerprint density at radius 3 is 2.56 bits per heavy atom. The largest absolute Gasteiger partial charge is 0.480 e. The molecule has 2 aromatic carbocycles. The van der Waals surface area contributed by atoms with Crippen LogP contribution in [0, 0.1) is 20.8 Å². The van der Waals surface area contributed by atoms with Gasteiger partial charge in [0, 0.05) is 28.4 Å². The van der Waals surface area contributed by atoms with Crippen molar-refractivity contribution in [3.05, 3.63) is 64.8 Å². The molecule has 25 heavy (non-hydrogen) atoms. The van der Waals surface area contributed by atoms with E-state index in [1.165, 1.54) is 17.5 Å². The quantitative estimate of drug-likeness (QED) is 0.575. The smallest absolute Gasteiger partial charge is 0.321 e. The number of carbonyl (C=O) groups is 1. The van der Waals surface area contributed by atoms with Gasteiger partial charge < -0.3 is 10.1 Å². The number of H-pyrrole nitrogens is 1. The molecule has 1 atom stereocenters. The van der Waals surface area contributed by atoms with Crippen LogP contribution in [0.4, 0.5) is 0 Å². The SMILES string of the molecule is Cc1cc(C)c(SN[C@@H](Cc2c[nH]c3ccccc23)C(=O)O)c(C)c1. The number of aliphatic carboxylic acids is 1. The van der Waals surface area contributed by atoms with Crippen molar-refractivity contribution in [1.29, 1.82) is 0 Å². The maximum Gasteiger partial charge on any atom is 0.321 e. The normalized spacial score (nSPS) is 12.4. The van der Waals surface area contributed by atoms with Crippen molar-refractivity contribution in [2.45, 2.75) is 38.1 Å². The zero-order valence-electron chi connectivity index (χ0n) is 14.6. The number of hydrogen-bond acceptors (Lipinski definition) is 3.